The standard InChI is InChI=1S/C16H24N4O3/c1-12-8-18-20(9-12)10-13-7-14(19-23-13)15(22)17-6-4-5-16(2,3)11-21/h7-9,21H,4-6,10-11H2,1-3H3,(H,17,22). The van der Waals surface area contributed by atoms with Crippen molar-refractivity contribution in [1.29, 1.82) is 0 Å². The van der Waals surface area contributed by atoms with Gasteiger partial charge in [0.1, 0.15) is 6.54 Å². The summed E-state index contributed by atoms with van der Waals surface area (Å²) in [5.41, 5.74) is 1.21. The second kappa shape index (κ2) is 7.41. The van der Waals surface area contributed by atoms with Crippen LogP contribution in [0.1, 0.15) is 48.5 Å². The normalized spacial score (nSPS) is 11.7. The number of aliphatic hydroxyl groups is 1. The largest absolute Gasteiger partial charge is 0.396 e. The van der Waals surface area contributed by atoms with E-state index in [9.17, 15) is 9.90 Å². The van der Waals surface area contributed by atoms with E-state index >= 15 is 0 Å². The van der Waals surface area contributed by atoms with Crippen LogP contribution in [-0.2, 0) is 6.54 Å². The van der Waals surface area contributed by atoms with Gasteiger partial charge in [0.05, 0.1) is 6.20 Å². The van der Waals surface area contributed by atoms with Crippen molar-refractivity contribution in [2.75, 3.05) is 13.2 Å². The van der Waals surface area contributed by atoms with Gasteiger partial charge in [0.25, 0.3) is 5.91 Å². The summed E-state index contributed by atoms with van der Waals surface area (Å²) < 4.78 is 6.90. The number of hydrogen-bond donors (Lipinski definition) is 2. The zero-order valence-corrected chi connectivity index (χ0v) is 13.9. The zero-order chi connectivity index (χ0) is 16.9. The second-order valence-corrected chi connectivity index (χ2v) is 6.58. The molecular formula is C16H24N4O3. The quantitative estimate of drug-likeness (QED) is 0.723. The van der Waals surface area contributed by atoms with Crippen molar-refractivity contribution >= 4 is 5.91 Å². The molecule has 7 heteroatoms. The van der Waals surface area contributed by atoms with Gasteiger partial charge in [-0.3, -0.25) is 9.48 Å². The van der Waals surface area contributed by atoms with E-state index in [1.165, 1.54) is 0 Å². The SMILES string of the molecule is Cc1cnn(Cc2cc(C(=O)NCCCC(C)(C)CO)no2)c1. The van der Waals surface area contributed by atoms with E-state index in [0.717, 1.165) is 18.4 Å². The first-order valence-electron chi connectivity index (χ1n) is 7.73. The van der Waals surface area contributed by atoms with E-state index in [-0.39, 0.29) is 23.6 Å². The highest BCUT2D eigenvalue weighted by Gasteiger charge is 2.16. The molecule has 2 aromatic rings. The van der Waals surface area contributed by atoms with Crippen LogP contribution in [0.3, 0.4) is 0 Å². The van der Waals surface area contributed by atoms with Crippen LogP contribution in [0, 0.1) is 12.3 Å². The maximum absolute atomic E-state index is 12.0. The van der Waals surface area contributed by atoms with Crippen molar-refractivity contribution in [1.82, 2.24) is 20.3 Å². The Kier molecular flexibility index (Phi) is 5.54. The van der Waals surface area contributed by atoms with E-state index in [4.69, 9.17) is 4.52 Å². The number of carbonyl (C=O) groups excluding carboxylic acids is 1. The second-order valence-electron chi connectivity index (χ2n) is 6.58. The minimum atomic E-state index is -0.251. The Balaban J connectivity index is 1.79. The van der Waals surface area contributed by atoms with Gasteiger partial charge in [-0.15, -0.1) is 0 Å². The summed E-state index contributed by atoms with van der Waals surface area (Å²) in [6, 6.07) is 1.63. The predicted octanol–water partition coefficient (Wildman–Crippen LogP) is 1.76. The molecule has 2 rings (SSSR count). The molecule has 0 unspecified atom stereocenters. The molecule has 0 fully saturated rings. The molecule has 0 aromatic carbocycles. The predicted molar refractivity (Wildman–Crippen MR) is 85.0 cm³/mol. The molecule has 0 aliphatic heterocycles. The van der Waals surface area contributed by atoms with Gasteiger partial charge in [-0.25, -0.2) is 0 Å². The van der Waals surface area contributed by atoms with Gasteiger partial charge < -0.3 is 14.9 Å². The molecule has 0 aliphatic rings. The molecule has 2 N–H and O–H groups in total. The molecule has 126 valence electrons. The number of hydrogen-bond acceptors (Lipinski definition) is 5. The molecule has 0 bridgehead atoms. The third kappa shape index (κ3) is 5.21. The fourth-order valence-corrected chi connectivity index (χ4v) is 2.15. The Labute approximate surface area is 135 Å². The average molecular weight is 320 g/mol. The summed E-state index contributed by atoms with van der Waals surface area (Å²) in [4.78, 5) is 12.0. The Bertz CT molecular complexity index is 645. The first-order chi connectivity index (χ1) is 10.9. The summed E-state index contributed by atoms with van der Waals surface area (Å²) >= 11 is 0. The minimum Gasteiger partial charge on any atom is -0.396 e. The molecule has 7 nitrogen and oxygen atoms in total. The number of carbonyl (C=O) groups is 1. The lowest BCUT2D eigenvalue weighted by Gasteiger charge is -2.20. The van der Waals surface area contributed by atoms with Gasteiger partial charge in [-0.05, 0) is 30.7 Å². The van der Waals surface area contributed by atoms with Crippen LogP contribution in [0.4, 0.5) is 0 Å². The Morgan fingerprint density at radius 2 is 2.26 bits per heavy atom. The molecule has 0 saturated carbocycles. The van der Waals surface area contributed by atoms with Crippen LogP contribution >= 0.6 is 0 Å². The van der Waals surface area contributed by atoms with Gasteiger partial charge in [0, 0.05) is 25.4 Å². The van der Waals surface area contributed by atoms with E-state index in [1.54, 1.807) is 16.9 Å². The highest BCUT2D eigenvalue weighted by atomic mass is 16.5. The molecule has 23 heavy (non-hydrogen) atoms. The number of rotatable bonds is 8. The highest BCUT2D eigenvalue weighted by molar-refractivity contribution is 5.92. The first kappa shape index (κ1) is 17.2. The van der Waals surface area contributed by atoms with Crippen LogP contribution in [0.15, 0.2) is 23.0 Å². The smallest absolute Gasteiger partial charge is 0.273 e. The number of aromatic nitrogens is 3. The van der Waals surface area contributed by atoms with Crippen LogP contribution in [0.5, 0.6) is 0 Å². The lowest BCUT2D eigenvalue weighted by atomic mass is 9.89. The number of nitrogens with zero attached hydrogens (tertiary/aromatic N) is 3. The van der Waals surface area contributed by atoms with Gasteiger partial charge >= 0.3 is 0 Å². The third-order valence-corrected chi connectivity index (χ3v) is 3.62. The van der Waals surface area contributed by atoms with Gasteiger partial charge in [0.15, 0.2) is 11.5 Å². The van der Waals surface area contributed by atoms with Gasteiger partial charge in [0.2, 0.25) is 0 Å². The highest BCUT2D eigenvalue weighted by Crippen LogP contribution is 2.20. The van der Waals surface area contributed by atoms with E-state index in [2.05, 4.69) is 15.6 Å². The van der Waals surface area contributed by atoms with Crippen molar-refractivity contribution in [2.24, 2.45) is 5.41 Å². The maximum Gasteiger partial charge on any atom is 0.273 e. The Morgan fingerprint density at radius 1 is 1.48 bits per heavy atom. The minimum absolute atomic E-state index is 0.117. The summed E-state index contributed by atoms with van der Waals surface area (Å²) in [5, 5.41) is 20.0. The summed E-state index contributed by atoms with van der Waals surface area (Å²) in [6.07, 6.45) is 5.30. The first-order valence-corrected chi connectivity index (χ1v) is 7.73. The van der Waals surface area contributed by atoms with Crippen LogP contribution in [-0.4, -0.2) is 39.1 Å². The molecule has 0 atom stereocenters. The molecule has 0 spiro atoms. The van der Waals surface area contributed by atoms with E-state index < -0.39 is 0 Å². The summed E-state index contributed by atoms with van der Waals surface area (Å²) in [5.74, 6) is 0.332. The molecule has 2 aromatic heterocycles. The molecule has 1 amide bonds. The van der Waals surface area contributed by atoms with E-state index in [1.807, 2.05) is 27.0 Å². The van der Waals surface area contributed by atoms with Crippen LogP contribution in [0.2, 0.25) is 0 Å². The topological polar surface area (TPSA) is 93.2 Å². The van der Waals surface area contributed by atoms with Crippen molar-refractivity contribution in [2.45, 2.75) is 40.2 Å². The van der Waals surface area contributed by atoms with Crippen molar-refractivity contribution in [3.8, 4) is 0 Å². The fraction of sp³-hybridized carbons (Fsp3) is 0.562. The van der Waals surface area contributed by atoms with Crippen LogP contribution < -0.4 is 5.32 Å². The number of aliphatic hydroxyl groups excluding tert-OH is 1. The lowest BCUT2D eigenvalue weighted by Crippen LogP contribution is -2.26. The fourth-order valence-electron chi connectivity index (χ4n) is 2.15. The van der Waals surface area contributed by atoms with Crippen molar-refractivity contribution < 1.29 is 14.4 Å². The Morgan fingerprint density at radius 3 is 2.91 bits per heavy atom. The molecule has 0 saturated heterocycles. The summed E-state index contributed by atoms with van der Waals surface area (Å²) in [6.45, 7) is 7.08. The molecular weight excluding hydrogens is 296 g/mol. The molecule has 2 heterocycles. The van der Waals surface area contributed by atoms with E-state index in [0.29, 0.717) is 18.8 Å². The molecule has 0 radical (unpaired) electrons. The van der Waals surface area contributed by atoms with Crippen molar-refractivity contribution in [3.05, 3.63) is 35.5 Å². The third-order valence-electron chi connectivity index (χ3n) is 3.62. The monoisotopic (exact) mass is 320 g/mol. The van der Waals surface area contributed by atoms with Gasteiger partial charge in [-0.1, -0.05) is 19.0 Å². The number of amides is 1. The average Bonchev–Trinajstić information content (AvgIpc) is 3.13. The van der Waals surface area contributed by atoms with Crippen molar-refractivity contribution in [3.63, 3.8) is 0 Å². The Hall–Kier alpha value is -2.15. The summed E-state index contributed by atoms with van der Waals surface area (Å²) in [7, 11) is 0. The van der Waals surface area contributed by atoms with Gasteiger partial charge in [-0.2, -0.15) is 5.10 Å². The zero-order valence-electron chi connectivity index (χ0n) is 13.9. The van der Waals surface area contributed by atoms with Crippen LogP contribution in [0.25, 0.3) is 0 Å². The molecule has 0 aliphatic carbocycles. The maximum atomic E-state index is 12.0. The lowest BCUT2D eigenvalue weighted by molar-refractivity contribution is 0.0939. The number of nitrogens with one attached hydrogen (secondary N) is 1. The number of aryl methyl sites for hydroxylation is 1.